The van der Waals surface area contributed by atoms with Crippen LogP contribution in [0.1, 0.15) is 30.0 Å². The summed E-state index contributed by atoms with van der Waals surface area (Å²) >= 11 is 0. The van der Waals surface area contributed by atoms with Gasteiger partial charge in [0.05, 0.1) is 0 Å². The van der Waals surface area contributed by atoms with Crippen LogP contribution < -0.4 is 5.73 Å². The Morgan fingerprint density at radius 3 is 2.75 bits per heavy atom. The number of likely N-dealkylation sites (tertiary alicyclic amines) is 1. The molecule has 0 saturated carbocycles. The Kier molecular flexibility index (Phi) is 3.75. The minimum Gasteiger partial charge on any atom is -0.326 e. The van der Waals surface area contributed by atoms with Crippen molar-refractivity contribution in [1.82, 2.24) is 4.90 Å². The highest BCUT2D eigenvalue weighted by Crippen LogP contribution is 2.31. The zero-order chi connectivity index (χ0) is 11.4. The van der Waals surface area contributed by atoms with Crippen molar-refractivity contribution in [2.24, 2.45) is 5.73 Å². The van der Waals surface area contributed by atoms with Gasteiger partial charge in [-0.2, -0.15) is 0 Å². The van der Waals surface area contributed by atoms with E-state index in [9.17, 15) is 0 Å². The molecule has 2 rings (SSSR count). The SMILES string of the molecule is C=CCN1CCCC1c1ccc(CN)cc1. The van der Waals surface area contributed by atoms with Crippen molar-refractivity contribution in [3.05, 3.63) is 48.0 Å². The summed E-state index contributed by atoms with van der Waals surface area (Å²) in [5, 5.41) is 0. The number of benzene rings is 1. The van der Waals surface area contributed by atoms with Gasteiger partial charge in [0.1, 0.15) is 0 Å². The molecule has 1 aromatic carbocycles. The molecule has 1 heterocycles. The number of hydrogen-bond donors (Lipinski definition) is 1. The third-order valence-corrected chi connectivity index (χ3v) is 3.33. The van der Waals surface area contributed by atoms with E-state index in [2.05, 4.69) is 35.7 Å². The standard InChI is InChI=1S/C14H20N2/c1-2-9-16-10-3-4-14(16)13-7-5-12(11-15)6-8-13/h2,5-8,14H,1,3-4,9-11,15H2. The second kappa shape index (κ2) is 5.28. The van der Waals surface area contributed by atoms with Gasteiger partial charge in [-0.15, -0.1) is 6.58 Å². The van der Waals surface area contributed by atoms with E-state index in [1.165, 1.54) is 30.5 Å². The smallest absolute Gasteiger partial charge is 0.0351 e. The lowest BCUT2D eigenvalue weighted by molar-refractivity contribution is 0.286. The first-order valence-electron chi connectivity index (χ1n) is 5.99. The largest absolute Gasteiger partial charge is 0.326 e. The van der Waals surface area contributed by atoms with Crippen LogP contribution in [0.15, 0.2) is 36.9 Å². The Morgan fingerprint density at radius 2 is 2.12 bits per heavy atom. The van der Waals surface area contributed by atoms with Crippen molar-refractivity contribution in [2.75, 3.05) is 13.1 Å². The Hall–Kier alpha value is -1.12. The molecule has 0 spiro atoms. The first kappa shape index (κ1) is 11.4. The monoisotopic (exact) mass is 216 g/mol. The maximum Gasteiger partial charge on any atom is 0.0351 e. The number of hydrogen-bond acceptors (Lipinski definition) is 2. The lowest BCUT2D eigenvalue weighted by Crippen LogP contribution is -2.23. The molecule has 0 aliphatic carbocycles. The Balaban J connectivity index is 2.12. The van der Waals surface area contributed by atoms with Crippen molar-refractivity contribution >= 4 is 0 Å². The van der Waals surface area contributed by atoms with Gasteiger partial charge in [-0.1, -0.05) is 30.3 Å². The highest BCUT2D eigenvalue weighted by molar-refractivity contribution is 5.25. The van der Waals surface area contributed by atoms with Crippen LogP contribution in [0.4, 0.5) is 0 Å². The summed E-state index contributed by atoms with van der Waals surface area (Å²) in [7, 11) is 0. The summed E-state index contributed by atoms with van der Waals surface area (Å²) in [6, 6.07) is 9.28. The Morgan fingerprint density at radius 1 is 1.38 bits per heavy atom. The van der Waals surface area contributed by atoms with Gasteiger partial charge in [-0.3, -0.25) is 4.90 Å². The number of rotatable bonds is 4. The molecule has 16 heavy (non-hydrogen) atoms. The molecule has 1 aliphatic heterocycles. The van der Waals surface area contributed by atoms with Gasteiger partial charge in [0, 0.05) is 19.1 Å². The van der Waals surface area contributed by atoms with Crippen molar-refractivity contribution in [3.63, 3.8) is 0 Å². The zero-order valence-electron chi connectivity index (χ0n) is 9.73. The molecule has 1 unspecified atom stereocenters. The Bertz CT molecular complexity index is 342. The van der Waals surface area contributed by atoms with E-state index in [0.717, 1.165) is 6.54 Å². The molecule has 2 nitrogen and oxygen atoms in total. The summed E-state index contributed by atoms with van der Waals surface area (Å²) in [4.78, 5) is 2.49. The minimum atomic E-state index is 0.574. The topological polar surface area (TPSA) is 29.3 Å². The fraction of sp³-hybridized carbons (Fsp3) is 0.429. The van der Waals surface area contributed by atoms with E-state index >= 15 is 0 Å². The van der Waals surface area contributed by atoms with Gasteiger partial charge in [-0.25, -0.2) is 0 Å². The van der Waals surface area contributed by atoms with Crippen molar-refractivity contribution in [1.29, 1.82) is 0 Å². The second-order valence-electron chi connectivity index (χ2n) is 4.39. The molecule has 2 heteroatoms. The first-order chi connectivity index (χ1) is 7.85. The van der Waals surface area contributed by atoms with Crippen LogP contribution in [0.5, 0.6) is 0 Å². The van der Waals surface area contributed by atoms with Gasteiger partial charge in [0.15, 0.2) is 0 Å². The van der Waals surface area contributed by atoms with Gasteiger partial charge >= 0.3 is 0 Å². The maximum atomic E-state index is 5.60. The summed E-state index contributed by atoms with van der Waals surface area (Å²) < 4.78 is 0. The fourth-order valence-electron chi connectivity index (χ4n) is 2.46. The molecule has 0 bridgehead atoms. The highest BCUT2D eigenvalue weighted by atomic mass is 15.2. The van der Waals surface area contributed by atoms with Crippen LogP contribution in [0.25, 0.3) is 0 Å². The molecule has 86 valence electrons. The van der Waals surface area contributed by atoms with E-state index in [1.807, 2.05) is 6.08 Å². The molecular formula is C14H20N2. The maximum absolute atomic E-state index is 5.60. The van der Waals surface area contributed by atoms with Crippen molar-refractivity contribution in [2.45, 2.75) is 25.4 Å². The molecule has 2 N–H and O–H groups in total. The molecule has 1 aromatic rings. The van der Waals surface area contributed by atoms with E-state index < -0.39 is 0 Å². The van der Waals surface area contributed by atoms with Crippen LogP contribution in [-0.2, 0) is 6.54 Å². The average Bonchev–Trinajstić information content (AvgIpc) is 2.78. The zero-order valence-corrected chi connectivity index (χ0v) is 9.73. The molecule has 0 aromatic heterocycles. The number of nitrogens with two attached hydrogens (primary N) is 1. The highest BCUT2D eigenvalue weighted by Gasteiger charge is 2.24. The summed E-state index contributed by atoms with van der Waals surface area (Å²) in [6.45, 7) is 6.63. The molecule has 1 aliphatic rings. The predicted octanol–water partition coefficient (Wildman–Crippen LogP) is 2.47. The molecule has 0 radical (unpaired) electrons. The van der Waals surface area contributed by atoms with Gasteiger partial charge < -0.3 is 5.73 Å². The lowest BCUT2D eigenvalue weighted by atomic mass is 10.0. The van der Waals surface area contributed by atoms with E-state index in [0.29, 0.717) is 12.6 Å². The average molecular weight is 216 g/mol. The van der Waals surface area contributed by atoms with E-state index in [4.69, 9.17) is 5.73 Å². The molecule has 1 saturated heterocycles. The first-order valence-corrected chi connectivity index (χ1v) is 5.99. The quantitative estimate of drug-likeness (QED) is 0.783. The van der Waals surface area contributed by atoms with Crippen molar-refractivity contribution < 1.29 is 0 Å². The van der Waals surface area contributed by atoms with Gasteiger partial charge in [0.25, 0.3) is 0 Å². The summed E-state index contributed by atoms with van der Waals surface area (Å²) in [6.07, 6.45) is 4.54. The van der Waals surface area contributed by atoms with Crippen LogP contribution >= 0.6 is 0 Å². The molecule has 1 fully saturated rings. The number of nitrogens with zero attached hydrogens (tertiary/aromatic N) is 1. The summed E-state index contributed by atoms with van der Waals surface area (Å²) in [5.41, 5.74) is 8.22. The molecular weight excluding hydrogens is 196 g/mol. The fourth-order valence-corrected chi connectivity index (χ4v) is 2.46. The summed E-state index contributed by atoms with van der Waals surface area (Å²) in [5.74, 6) is 0. The van der Waals surface area contributed by atoms with Crippen LogP contribution in [0.2, 0.25) is 0 Å². The molecule has 0 amide bonds. The van der Waals surface area contributed by atoms with Crippen molar-refractivity contribution in [3.8, 4) is 0 Å². The normalized spacial score (nSPS) is 21.2. The predicted molar refractivity (Wildman–Crippen MR) is 68.1 cm³/mol. The second-order valence-corrected chi connectivity index (χ2v) is 4.39. The third-order valence-electron chi connectivity index (χ3n) is 3.33. The van der Waals surface area contributed by atoms with Crippen LogP contribution in [0, 0.1) is 0 Å². The van der Waals surface area contributed by atoms with Gasteiger partial charge in [-0.05, 0) is 30.5 Å². The Labute approximate surface area is 97.8 Å². The van der Waals surface area contributed by atoms with E-state index in [-0.39, 0.29) is 0 Å². The molecule has 1 atom stereocenters. The van der Waals surface area contributed by atoms with E-state index in [1.54, 1.807) is 0 Å². The van der Waals surface area contributed by atoms with Crippen LogP contribution in [0.3, 0.4) is 0 Å². The minimum absolute atomic E-state index is 0.574. The van der Waals surface area contributed by atoms with Crippen LogP contribution in [-0.4, -0.2) is 18.0 Å². The lowest BCUT2D eigenvalue weighted by Gasteiger charge is -2.23. The third kappa shape index (κ3) is 2.34. The van der Waals surface area contributed by atoms with Gasteiger partial charge in [0.2, 0.25) is 0 Å².